The van der Waals surface area contributed by atoms with Gasteiger partial charge in [0.1, 0.15) is 18.2 Å². The van der Waals surface area contributed by atoms with E-state index in [0.29, 0.717) is 12.4 Å². The minimum Gasteiger partial charge on any atom is -0.489 e. The van der Waals surface area contributed by atoms with E-state index in [1.807, 2.05) is 0 Å². The first-order valence-corrected chi connectivity index (χ1v) is 6.95. The van der Waals surface area contributed by atoms with Gasteiger partial charge in [0.25, 0.3) is 0 Å². The minimum absolute atomic E-state index is 0.246. The molecule has 2 aromatic carbocycles. The maximum absolute atomic E-state index is 12.8. The lowest BCUT2D eigenvalue weighted by atomic mass is 10.1. The van der Waals surface area contributed by atoms with Crippen molar-refractivity contribution in [1.29, 1.82) is 0 Å². The molecular formula is C16H13FOS. The maximum Gasteiger partial charge on any atom is 0.123 e. The number of thiophene rings is 1. The van der Waals surface area contributed by atoms with Crippen LogP contribution in [0.2, 0.25) is 0 Å². The van der Waals surface area contributed by atoms with E-state index in [0.717, 1.165) is 0 Å². The van der Waals surface area contributed by atoms with Gasteiger partial charge in [-0.3, -0.25) is 0 Å². The lowest BCUT2D eigenvalue weighted by Crippen LogP contribution is -1.94. The zero-order valence-electron chi connectivity index (χ0n) is 10.5. The first kappa shape index (κ1) is 12.2. The second kappa shape index (κ2) is 5.02. The first-order chi connectivity index (χ1) is 9.22. The second-order valence-corrected chi connectivity index (χ2v) is 5.41. The highest BCUT2D eigenvalue weighted by molar-refractivity contribution is 7.17. The van der Waals surface area contributed by atoms with E-state index in [-0.39, 0.29) is 5.82 Å². The Labute approximate surface area is 115 Å². The van der Waals surface area contributed by atoms with E-state index < -0.39 is 0 Å². The summed E-state index contributed by atoms with van der Waals surface area (Å²) in [5.74, 6) is 0.441. The average Bonchev–Trinajstić information content (AvgIpc) is 2.80. The Morgan fingerprint density at radius 2 is 1.89 bits per heavy atom. The Morgan fingerprint density at radius 3 is 2.68 bits per heavy atom. The van der Waals surface area contributed by atoms with Gasteiger partial charge < -0.3 is 4.74 Å². The fourth-order valence-corrected chi connectivity index (χ4v) is 3.04. The zero-order chi connectivity index (χ0) is 13.2. The van der Waals surface area contributed by atoms with Gasteiger partial charge in [0.2, 0.25) is 0 Å². The summed E-state index contributed by atoms with van der Waals surface area (Å²) in [6.07, 6.45) is 0. The van der Waals surface area contributed by atoms with Crippen molar-refractivity contribution in [3.63, 3.8) is 0 Å². The fraction of sp³-hybridized carbons (Fsp3) is 0.125. The van der Waals surface area contributed by atoms with Crippen molar-refractivity contribution >= 4 is 21.4 Å². The van der Waals surface area contributed by atoms with Gasteiger partial charge in [-0.15, -0.1) is 11.3 Å². The third-order valence-electron chi connectivity index (χ3n) is 3.02. The maximum atomic E-state index is 12.8. The van der Waals surface area contributed by atoms with Gasteiger partial charge in [0, 0.05) is 10.3 Å². The van der Waals surface area contributed by atoms with E-state index in [9.17, 15) is 4.39 Å². The van der Waals surface area contributed by atoms with Crippen LogP contribution in [0.4, 0.5) is 4.39 Å². The van der Waals surface area contributed by atoms with Crippen molar-refractivity contribution < 1.29 is 9.13 Å². The van der Waals surface area contributed by atoms with E-state index in [2.05, 4.69) is 30.5 Å². The van der Waals surface area contributed by atoms with Crippen LogP contribution in [0, 0.1) is 12.7 Å². The molecule has 0 fully saturated rings. The Bertz CT molecular complexity index is 700. The molecular weight excluding hydrogens is 259 g/mol. The smallest absolute Gasteiger partial charge is 0.123 e. The molecule has 0 spiro atoms. The van der Waals surface area contributed by atoms with Crippen LogP contribution >= 0.6 is 11.3 Å². The molecule has 0 amide bonds. The van der Waals surface area contributed by atoms with Crippen LogP contribution in [0.3, 0.4) is 0 Å². The molecule has 0 saturated carbocycles. The molecule has 0 atom stereocenters. The fourth-order valence-electron chi connectivity index (χ4n) is 1.99. The normalized spacial score (nSPS) is 10.8. The van der Waals surface area contributed by atoms with Crippen molar-refractivity contribution in [3.8, 4) is 5.75 Å². The van der Waals surface area contributed by atoms with Crippen LogP contribution in [0.5, 0.6) is 5.75 Å². The third-order valence-corrected chi connectivity index (χ3v) is 4.01. The molecule has 96 valence electrons. The highest BCUT2D eigenvalue weighted by atomic mass is 32.1. The van der Waals surface area contributed by atoms with E-state index in [1.54, 1.807) is 23.5 Å². The first-order valence-electron chi connectivity index (χ1n) is 6.07. The topological polar surface area (TPSA) is 9.23 Å². The van der Waals surface area contributed by atoms with Gasteiger partial charge in [-0.2, -0.15) is 0 Å². The van der Waals surface area contributed by atoms with Gasteiger partial charge in [-0.25, -0.2) is 4.39 Å². The highest BCUT2D eigenvalue weighted by Gasteiger charge is 2.05. The number of aryl methyl sites for hydroxylation is 1. The van der Waals surface area contributed by atoms with Crippen LogP contribution in [0.25, 0.3) is 10.1 Å². The molecule has 0 N–H and O–H groups in total. The molecule has 1 nitrogen and oxygen atoms in total. The van der Waals surface area contributed by atoms with E-state index in [4.69, 9.17) is 4.74 Å². The number of benzene rings is 2. The summed E-state index contributed by atoms with van der Waals surface area (Å²) in [7, 11) is 0. The quantitative estimate of drug-likeness (QED) is 0.657. The molecule has 0 saturated heterocycles. The summed E-state index contributed by atoms with van der Waals surface area (Å²) in [5.41, 5.74) is 2.43. The standard InChI is InChI=1S/C16H13FOS/c1-11-2-7-15-12(10-19-16(15)8-11)9-18-14-5-3-13(17)4-6-14/h2-8,10H,9H2,1H3. The number of hydrogen-bond donors (Lipinski definition) is 0. The predicted molar refractivity (Wildman–Crippen MR) is 77.3 cm³/mol. The van der Waals surface area contributed by atoms with Crippen molar-refractivity contribution in [1.82, 2.24) is 0 Å². The molecule has 1 heterocycles. The molecule has 0 aliphatic heterocycles. The second-order valence-electron chi connectivity index (χ2n) is 4.50. The van der Waals surface area contributed by atoms with Crippen molar-refractivity contribution in [2.75, 3.05) is 0 Å². The van der Waals surface area contributed by atoms with Crippen LogP contribution in [0.1, 0.15) is 11.1 Å². The predicted octanol–water partition coefficient (Wildman–Crippen LogP) is 4.93. The molecule has 3 heteroatoms. The summed E-state index contributed by atoms with van der Waals surface area (Å²) < 4.78 is 19.8. The molecule has 1 aromatic heterocycles. The zero-order valence-corrected chi connectivity index (χ0v) is 11.3. The van der Waals surface area contributed by atoms with Gasteiger partial charge in [0.15, 0.2) is 0 Å². The Kier molecular flexibility index (Phi) is 3.22. The Balaban J connectivity index is 1.80. The molecule has 3 rings (SSSR count). The SMILES string of the molecule is Cc1ccc2c(COc3ccc(F)cc3)csc2c1. The van der Waals surface area contributed by atoms with Crippen LogP contribution in [-0.2, 0) is 6.61 Å². The van der Waals surface area contributed by atoms with Gasteiger partial charge in [0.05, 0.1) is 0 Å². The summed E-state index contributed by atoms with van der Waals surface area (Å²) in [5, 5.41) is 3.35. The van der Waals surface area contributed by atoms with E-state index in [1.165, 1.54) is 33.3 Å². The number of fused-ring (bicyclic) bond motifs is 1. The van der Waals surface area contributed by atoms with Gasteiger partial charge in [-0.05, 0) is 53.6 Å². The number of hydrogen-bond acceptors (Lipinski definition) is 2. The van der Waals surface area contributed by atoms with Crippen molar-refractivity contribution in [3.05, 3.63) is 64.8 Å². The summed E-state index contributed by atoms with van der Waals surface area (Å²) >= 11 is 1.73. The minimum atomic E-state index is -0.246. The van der Waals surface area contributed by atoms with Crippen molar-refractivity contribution in [2.24, 2.45) is 0 Å². The average molecular weight is 272 g/mol. The summed E-state index contributed by atoms with van der Waals surface area (Å²) in [6, 6.07) is 12.5. The molecule has 19 heavy (non-hydrogen) atoms. The van der Waals surface area contributed by atoms with Crippen molar-refractivity contribution in [2.45, 2.75) is 13.5 Å². The lowest BCUT2D eigenvalue weighted by Gasteiger charge is -2.05. The number of halogens is 1. The molecule has 3 aromatic rings. The third kappa shape index (κ3) is 2.61. The van der Waals surface area contributed by atoms with Gasteiger partial charge in [-0.1, -0.05) is 12.1 Å². The Hall–Kier alpha value is -1.87. The monoisotopic (exact) mass is 272 g/mol. The van der Waals surface area contributed by atoms with Crippen LogP contribution in [0.15, 0.2) is 47.8 Å². The molecule has 0 aliphatic rings. The summed E-state index contributed by atoms with van der Waals surface area (Å²) in [4.78, 5) is 0. The van der Waals surface area contributed by atoms with Crippen LogP contribution in [-0.4, -0.2) is 0 Å². The van der Waals surface area contributed by atoms with Gasteiger partial charge >= 0.3 is 0 Å². The Morgan fingerprint density at radius 1 is 1.11 bits per heavy atom. The highest BCUT2D eigenvalue weighted by Crippen LogP contribution is 2.27. The molecule has 0 unspecified atom stereocenters. The van der Waals surface area contributed by atoms with Crippen LogP contribution < -0.4 is 4.74 Å². The molecule has 0 radical (unpaired) electrons. The lowest BCUT2D eigenvalue weighted by molar-refractivity contribution is 0.307. The number of rotatable bonds is 3. The largest absolute Gasteiger partial charge is 0.489 e. The summed E-state index contributed by atoms with van der Waals surface area (Å²) in [6.45, 7) is 2.60. The molecule has 0 bridgehead atoms. The molecule has 0 aliphatic carbocycles. The van der Waals surface area contributed by atoms with E-state index >= 15 is 0 Å². The number of ether oxygens (including phenoxy) is 1.